The molecule has 0 fully saturated rings. The van der Waals surface area contributed by atoms with Gasteiger partial charge in [-0.1, -0.05) is 54.1 Å². The highest BCUT2D eigenvalue weighted by atomic mass is 35.5. The number of amides is 1. The topological polar surface area (TPSA) is 85.3 Å². The number of ether oxygens (including phenoxy) is 3. The minimum Gasteiger partial charge on any atom is -0.492 e. The summed E-state index contributed by atoms with van der Waals surface area (Å²) in [5.74, 6) is 0.793. The van der Waals surface area contributed by atoms with Crippen molar-refractivity contribution in [1.29, 1.82) is 0 Å². The van der Waals surface area contributed by atoms with E-state index in [4.69, 9.17) is 25.8 Å². The highest BCUT2D eigenvalue weighted by Gasteiger charge is 2.19. The summed E-state index contributed by atoms with van der Waals surface area (Å²) in [5.41, 5.74) is 0.832. The van der Waals surface area contributed by atoms with E-state index in [0.29, 0.717) is 36.2 Å². The Morgan fingerprint density at radius 1 is 0.974 bits per heavy atom. The summed E-state index contributed by atoms with van der Waals surface area (Å²) in [5, 5.41) is 9.64. The maximum atomic E-state index is 12.9. The zero-order valence-corrected chi connectivity index (χ0v) is 22.8. The van der Waals surface area contributed by atoms with Crippen LogP contribution in [0.2, 0.25) is 5.02 Å². The Balaban J connectivity index is 1.54. The first kappa shape index (κ1) is 29.4. The Kier molecular flexibility index (Phi) is 12.3. The molecule has 1 amide bonds. The molecular weight excluding hydrogens is 526 g/mol. The second-order valence-corrected chi connectivity index (χ2v) is 9.85. The lowest BCUT2D eigenvalue weighted by Crippen LogP contribution is -2.37. The Bertz CT molecular complexity index is 1150. The number of halogens is 1. The fourth-order valence-corrected chi connectivity index (χ4v) is 4.60. The molecule has 9 heteroatoms. The molecule has 0 spiro atoms. The standard InChI is InChI=1S/C29H32ClNO6S/c1-2-35-27(28(32)33)21-22-13-15-23(16-14-22)36-19-18-31(17-8-20-38-24-9-4-3-5-10-24)29(34)37-26-12-7-6-11-25(26)30/h3-7,9-16,27H,2,8,17-21H2,1H3,(H,32,33). The molecular formula is C29H32ClNO6S. The maximum absolute atomic E-state index is 12.9. The van der Waals surface area contributed by atoms with E-state index >= 15 is 0 Å². The summed E-state index contributed by atoms with van der Waals surface area (Å²) in [6, 6.07) is 24.2. The normalized spacial score (nSPS) is 11.5. The summed E-state index contributed by atoms with van der Waals surface area (Å²) < 4.78 is 16.7. The summed E-state index contributed by atoms with van der Waals surface area (Å²) in [6.45, 7) is 3.19. The van der Waals surface area contributed by atoms with Crippen molar-refractivity contribution in [3.05, 3.63) is 89.4 Å². The second kappa shape index (κ2) is 15.9. The maximum Gasteiger partial charge on any atom is 0.415 e. The predicted octanol–water partition coefficient (Wildman–Crippen LogP) is 6.43. The molecule has 202 valence electrons. The number of nitrogens with zero attached hydrogens (tertiary/aromatic N) is 1. The molecule has 1 atom stereocenters. The molecule has 0 aliphatic rings. The van der Waals surface area contributed by atoms with Gasteiger partial charge in [0.05, 0.1) is 11.6 Å². The monoisotopic (exact) mass is 557 g/mol. The number of aliphatic carboxylic acids is 1. The third-order valence-corrected chi connectivity index (χ3v) is 6.90. The van der Waals surface area contributed by atoms with Crippen LogP contribution >= 0.6 is 23.4 Å². The molecule has 0 heterocycles. The molecule has 3 aromatic rings. The van der Waals surface area contributed by atoms with Crippen LogP contribution in [-0.4, -0.2) is 60.2 Å². The summed E-state index contributed by atoms with van der Waals surface area (Å²) in [7, 11) is 0. The van der Waals surface area contributed by atoms with Gasteiger partial charge in [0.15, 0.2) is 11.9 Å². The number of carbonyl (C=O) groups is 2. The van der Waals surface area contributed by atoms with Crippen LogP contribution in [0.1, 0.15) is 18.9 Å². The molecule has 0 aromatic heterocycles. The quantitative estimate of drug-likeness (QED) is 0.170. The average molecular weight is 558 g/mol. The zero-order chi connectivity index (χ0) is 27.2. The third-order valence-electron chi connectivity index (χ3n) is 5.49. The number of thioether (sulfide) groups is 1. The fourth-order valence-electron chi connectivity index (χ4n) is 3.57. The van der Waals surface area contributed by atoms with Gasteiger partial charge >= 0.3 is 12.1 Å². The van der Waals surface area contributed by atoms with Crippen LogP contribution in [-0.2, 0) is 16.0 Å². The van der Waals surface area contributed by atoms with Crippen LogP contribution in [0.25, 0.3) is 0 Å². The Morgan fingerprint density at radius 3 is 2.37 bits per heavy atom. The fraction of sp³-hybridized carbons (Fsp3) is 0.310. The molecule has 0 saturated carbocycles. The minimum absolute atomic E-state index is 0.263. The number of rotatable bonds is 15. The van der Waals surface area contributed by atoms with E-state index in [9.17, 15) is 14.7 Å². The van der Waals surface area contributed by atoms with Gasteiger partial charge in [-0.3, -0.25) is 0 Å². The van der Waals surface area contributed by atoms with E-state index in [2.05, 4.69) is 12.1 Å². The Hall–Kier alpha value is -3.20. The molecule has 0 bridgehead atoms. The first-order valence-electron chi connectivity index (χ1n) is 12.4. The van der Waals surface area contributed by atoms with E-state index in [1.54, 1.807) is 60.0 Å². The molecule has 0 aliphatic carbocycles. The van der Waals surface area contributed by atoms with Crippen molar-refractivity contribution in [2.45, 2.75) is 30.8 Å². The lowest BCUT2D eigenvalue weighted by Gasteiger charge is -2.22. The molecule has 1 unspecified atom stereocenters. The number of carboxylic acids is 1. The molecule has 38 heavy (non-hydrogen) atoms. The van der Waals surface area contributed by atoms with Gasteiger partial charge in [0.2, 0.25) is 0 Å². The summed E-state index contributed by atoms with van der Waals surface area (Å²) in [6.07, 6.45) is -0.329. The number of carbonyl (C=O) groups excluding carboxylic acids is 1. The van der Waals surface area contributed by atoms with Gasteiger partial charge in [0, 0.05) is 24.5 Å². The number of hydrogen-bond acceptors (Lipinski definition) is 6. The van der Waals surface area contributed by atoms with Gasteiger partial charge in [0.1, 0.15) is 12.4 Å². The number of carboxylic acid groups (broad SMARTS) is 1. The van der Waals surface area contributed by atoms with Crippen LogP contribution in [0.15, 0.2) is 83.8 Å². The Morgan fingerprint density at radius 2 is 1.68 bits per heavy atom. The van der Waals surface area contributed by atoms with Crippen molar-refractivity contribution in [3.8, 4) is 11.5 Å². The van der Waals surface area contributed by atoms with E-state index in [0.717, 1.165) is 17.7 Å². The molecule has 3 aromatic carbocycles. The molecule has 0 saturated heterocycles. The van der Waals surface area contributed by atoms with Crippen molar-refractivity contribution in [1.82, 2.24) is 4.90 Å². The highest BCUT2D eigenvalue weighted by molar-refractivity contribution is 7.99. The van der Waals surface area contributed by atoms with Gasteiger partial charge in [-0.15, -0.1) is 11.8 Å². The largest absolute Gasteiger partial charge is 0.492 e. The van der Waals surface area contributed by atoms with Crippen molar-refractivity contribution in [2.24, 2.45) is 0 Å². The molecule has 7 nitrogen and oxygen atoms in total. The van der Waals surface area contributed by atoms with Crippen LogP contribution in [0.5, 0.6) is 11.5 Å². The van der Waals surface area contributed by atoms with E-state index in [1.807, 2.05) is 30.3 Å². The van der Waals surface area contributed by atoms with Crippen molar-refractivity contribution in [3.63, 3.8) is 0 Å². The van der Waals surface area contributed by atoms with E-state index in [-0.39, 0.29) is 13.0 Å². The molecule has 3 rings (SSSR count). The predicted molar refractivity (Wildman–Crippen MR) is 150 cm³/mol. The summed E-state index contributed by atoms with van der Waals surface area (Å²) >= 11 is 7.90. The first-order chi connectivity index (χ1) is 18.5. The lowest BCUT2D eigenvalue weighted by atomic mass is 10.1. The van der Waals surface area contributed by atoms with Gasteiger partial charge < -0.3 is 24.2 Å². The van der Waals surface area contributed by atoms with Crippen LogP contribution in [0, 0.1) is 0 Å². The van der Waals surface area contributed by atoms with E-state index in [1.165, 1.54) is 4.90 Å². The van der Waals surface area contributed by atoms with Gasteiger partial charge in [-0.2, -0.15) is 0 Å². The lowest BCUT2D eigenvalue weighted by molar-refractivity contribution is -0.149. The number of para-hydroxylation sites is 1. The van der Waals surface area contributed by atoms with Crippen molar-refractivity contribution < 1.29 is 28.9 Å². The van der Waals surface area contributed by atoms with E-state index < -0.39 is 18.2 Å². The molecule has 0 radical (unpaired) electrons. The first-order valence-corrected chi connectivity index (χ1v) is 13.8. The van der Waals surface area contributed by atoms with Gasteiger partial charge in [-0.25, -0.2) is 9.59 Å². The third kappa shape index (κ3) is 9.93. The second-order valence-electron chi connectivity index (χ2n) is 8.28. The summed E-state index contributed by atoms with van der Waals surface area (Å²) in [4.78, 5) is 27.1. The molecule has 0 aliphatic heterocycles. The highest BCUT2D eigenvalue weighted by Crippen LogP contribution is 2.24. The van der Waals surface area contributed by atoms with Crippen LogP contribution in [0.4, 0.5) is 4.79 Å². The zero-order valence-electron chi connectivity index (χ0n) is 21.3. The van der Waals surface area contributed by atoms with Crippen LogP contribution in [0.3, 0.4) is 0 Å². The van der Waals surface area contributed by atoms with Crippen LogP contribution < -0.4 is 9.47 Å². The number of benzene rings is 3. The van der Waals surface area contributed by atoms with Gasteiger partial charge in [-0.05, 0) is 61.1 Å². The smallest absolute Gasteiger partial charge is 0.415 e. The van der Waals surface area contributed by atoms with Gasteiger partial charge in [0.25, 0.3) is 0 Å². The van der Waals surface area contributed by atoms with Crippen molar-refractivity contribution in [2.75, 3.05) is 32.1 Å². The number of hydrogen-bond donors (Lipinski definition) is 1. The Labute approximate surface area is 232 Å². The average Bonchev–Trinajstić information content (AvgIpc) is 2.92. The minimum atomic E-state index is -0.988. The SMILES string of the molecule is CCOC(Cc1ccc(OCCN(CCCSc2ccccc2)C(=O)Oc2ccccc2Cl)cc1)C(=O)O. The molecule has 1 N–H and O–H groups in total. The van der Waals surface area contributed by atoms with Crippen molar-refractivity contribution >= 4 is 35.4 Å².